The molecule has 0 amide bonds. The number of carbonyl (C=O) groups is 2. The van der Waals surface area contributed by atoms with Crippen LogP contribution in [0.4, 0.5) is 0 Å². The van der Waals surface area contributed by atoms with E-state index in [1.807, 2.05) is 0 Å². The summed E-state index contributed by atoms with van der Waals surface area (Å²) in [5.74, 6) is -1.96. The molecule has 0 spiro atoms. The minimum Gasteiger partial charge on any atom is -0.462 e. The third-order valence-corrected chi connectivity index (χ3v) is 11.9. The van der Waals surface area contributed by atoms with Crippen molar-refractivity contribution in [2.75, 3.05) is 19.0 Å². The van der Waals surface area contributed by atoms with Gasteiger partial charge in [-0.25, -0.2) is 0 Å². The van der Waals surface area contributed by atoms with Gasteiger partial charge in [-0.05, 0) is 12.8 Å². The van der Waals surface area contributed by atoms with Crippen molar-refractivity contribution in [3.63, 3.8) is 0 Å². The van der Waals surface area contributed by atoms with Gasteiger partial charge in [-0.15, -0.1) is 0 Å². The van der Waals surface area contributed by atoms with Crippen molar-refractivity contribution < 1.29 is 56.8 Å². The Morgan fingerprint density at radius 1 is 0.517 bits per heavy atom. The number of rotatable bonds is 40. The fourth-order valence-electron chi connectivity index (χ4n) is 7.50. The largest absolute Gasteiger partial charge is 0.462 e. The van der Waals surface area contributed by atoms with Crippen LogP contribution in [0.1, 0.15) is 219 Å². The van der Waals surface area contributed by atoms with Gasteiger partial charge >= 0.3 is 11.9 Å². The fraction of sp³-hybridized carbons (Fsp3) is 0.956. The number of hydrogen-bond acceptors (Lipinski definition) is 11. The first kappa shape index (κ1) is 54.7. The molecule has 0 aromatic rings. The molecule has 0 aliphatic carbocycles. The number of hydrogen-bond donors (Lipinski definition) is 4. The van der Waals surface area contributed by atoms with Gasteiger partial charge in [0.05, 0.1) is 6.61 Å². The molecule has 1 rings (SSSR count). The fourth-order valence-corrected chi connectivity index (χ4v) is 8.19. The summed E-state index contributed by atoms with van der Waals surface area (Å²) in [4.78, 5) is 25.4. The molecule has 1 aliphatic heterocycles. The van der Waals surface area contributed by atoms with Crippen LogP contribution in [0, 0.1) is 0 Å². The van der Waals surface area contributed by atoms with Crippen LogP contribution >= 0.6 is 0 Å². The molecule has 4 N–H and O–H groups in total. The van der Waals surface area contributed by atoms with E-state index in [1.165, 1.54) is 141 Å². The lowest BCUT2D eigenvalue weighted by molar-refractivity contribution is -0.297. The molecule has 1 saturated heterocycles. The lowest BCUT2D eigenvalue weighted by atomic mass is 10.00. The Kier molecular flexibility index (Phi) is 34.2. The van der Waals surface area contributed by atoms with Crippen LogP contribution in [0.25, 0.3) is 0 Å². The van der Waals surface area contributed by atoms with E-state index in [1.54, 1.807) is 0 Å². The predicted octanol–water partition coefficient (Wildman–Crippen LogP) is 9.68. The molecule has 1 heterocycles. The Hall–Kier alpha value is -1.35. The number of aliphatic hydroxyl groups excluding tert-OH is 3. The van der Waals surface area contributed by atoms with Crippen molar-refractivity contribution in [2.24, 2.45) is 0 Å². The highest BCUT2D eigenvalue weighted by Crippen LogP contribution is 2.24. The van der Waals surface area contributed by atoms with E-state index in [0.29, 0.717) is 12.8 Å². The molecule has 2 unspecified atom stereocenters. The minimum absolute atomic E-state index is 0.173. The summed E-state index contributed by atoms with van der Waals surface area (Å²) in [5.41, 5.74) is 0. The third-order valence-electron chi connectivity index (χ3n) is 11.2. The molecular weight excluding hydrogens is 765 g/mol. The smallest absolute Gasteiger partial charge is 0.306 e. The zero-order valence-corrected chi connectivity index (χ0v) is 37.5. The second kappa shape index (κ2) is 36.3. The molecule has 1 fully saturated rings. The lowest BCUT2D eigenvalue weighted by Crippen LogP contribution is -2.60. The van der Waals surface area contributed by atoms with Gasteiger partial charge in [0.2, 0.25) is 0 Å². The molecule has 0 aromatic carbocycles. The van der Waals surface area contributed by atoms with Crippen molar-refractivity contribution in [1.29, 1.82) is 0 Å². The third kappa shape index (κ3) is 30.6. The van der Waals surface area contributed by atoms with E-state index in [4.69, 9.17) is 18.9 Å². The van der Waals surface area contributed by atoms with Crippen molar-refractivity contribution >= 4 is 22.1 Å². The van der Waals surface area contributed by atoms with Crippen LogP contribution in [0.5, 0.6) is 0 Å². The Balaban J connectivity index is 2.41. The summed E-state index contributed by atoms with van der Waals surface area (Å²) in [7, 11) is -4.60. The molecular formula is C45H86O12S. The molecule has 1 aliphatic rings. The van der Waals surface area contributed by atoms with Crippen molar-refractivity contribution in [3.05, 3.63) is 0 Å². The predicted molar refractivity (Wildman–Crippen MR) is 229 cm³/mol. The van der Waals surface area contributed by atoms with E-state index in [-0.39, 0.29) is 19.4 Å². The standard InChI is InChI=1S/C45H86O12S/c1-3-5-7-9-11-13-15-17-18-19-20-22-24-26-28-30-32-34-41(47)56-38(36-55-45-44(50)43(49)42(48)39(57-45)37-58(51,52)53)35-54-40(46)33-31-29-27-25-23-21-16-14-12-10-8-6-4-2/h38-39,42-45,48-50H,3-37H2,1-2H3,(H,51,52,53)/t38-,39-,42-,43?,44?,45+/m1/s1. The molecule has 344 valence electrons. The Labute approximate surface area is 353 Å². The van der Waals surface area contributed by atoms with Crippen LogP contribution in [0.2, 0.25) is 0 Å². The van der Waals surface area contributed by atoms with Crippen LogP contribution in [0.15, 0.2) is 0 Å². The summed E-state index contributed by atoms with van der Waals surface area (Å²) < 4.78 is 54.1. The highest BCUT2D eigenvalue weighted by Gasteiger charge is 2.46. The van der Waals surface area contributed by atoms with Gasteiger partial charge < -0.3 is 34.3 Å². The number of ether oxygens (including phenoxy) is 4. The maximum atomic E-state index is 12.8. The van der Waals surface area contributed by atoms with Crippen LogP contribution in [0.3, 0.4) is 0 Å². The van der Waals surface area contributed by atoms with E-state index in [0.717, 1.165) is 38.5 Å². The quantitative estimate of drug-likeness (QED) is 0.0260. The van der Waals surface area contributed by atoms with Crippen molar-refractivity contribution in [2.45, 2.75) is 256 Å². The first-order valence-electron chi connectivity index (χ1n) is 23.6. The molecule has 0 bridgehead atoms. The molecule has 0 saturated carbocycles. The number of esters is 2. The first-order valence-corrected chi connectivity index (χ1v) is 25.2. The zero-order valence-electron chi connectivity index (χ0n) is 36.7. The second-order valence-electron chi connectivity index (χ2n) is 16.8. The zero-order chi connectivity index (χ0) is 42.7. The highest BCUT2D eigenvalue weighted by molar-refractivity contribution is 7.85. The molecule has 13 heteroatoms. The van der Waals surface area contributed by atoms with Gasteiger partial charge in [-0.2, -0.15) is 8.42 Å². The normalized spacial score (nSPS) is 20.3. The Morgan fingerprint density at radius 3 is 1.26 bits per heavy atom. The first-order chi connectivity index (χ1) is 28.0. The lowest BCUT2D eigenvalue weighted by Gasteiger charge is -2.40. The van der Waals surface area contributed by atoms with Gasteiger partial charge in [0.25, 0.3) is 10.1 Å². The Morgan fingerprint density at radius 2 is 0.879 bits per heavy atom. The molecule has 12 nitrogen and oxygen atoms in total. The summed E-state index contributed by atoms with van der Waals surface area (Å²) in [6.45, 7) is 3.79. The highest BCUT2D eigenvalue weighted by atomic mass is 32.2. The summed E-state index contributed by atoms with van der Waals surface area (Å²) in [6, 6.07) is 0. The van der Waals surface area contributed by atoms with E-state index >= 15 is 0 Å². The number of aliphatic hydroxyl groups is 3. The summed E-state index contributed by atoms with van der Waals surface area (Å²) in [5, 5.41) is 30.9. The minimum atomic E-state index is -4.60. The van der Waals surface area contributed by atoms with Crippen LogP contribution < -0.4 is 0 Å². The van der Waals surface area contributed by atoms with Gasteiger partial charge in [0, 0.05) is 12.8 Å². The van der Waals surface area contributed by atoms with Crippen LogP contribution in [-0.2, 0) is 38.7 Å². The maximum Gasteiger partial charge on any atom is 0.306 e. The van der Waals surface area contributed by atoms with Crippen LogP contribution in [-0.4, -0.2) is 96.0 Å². The van der Waals surface area contributed by atoms with Gasteiger partial charge in [-0.1, -0.05) is 194 Å². The second-order valence-corrected chi connectivity index (χ2v) is 18.3. The summed E-state index contributed by atoms with van der Waals surface area (Å²) >= 11 is 0. The average Bonchev–Trinajstić information content (AvgIpc) is 3.18. The monoisotopic (exact) mass is 851 g/mol. The SMILES string of the molecule is CCCCCCCCCCCCCCCCCCCC(=O)O[C@H](COC(=O)CCCCCCCCCCCCCCC)CO[C@H]1O[C@H](CS(=O)(=O)O)[C@@H](O)C(O)C1O. The Bertz CT molecular complexity index is 1090. The number of unbranched alkanes of at least 4 members (excludes halogenated alkanes) is 28. The number of carbonyl (C=O) groups excluding carboxylic acids is 2. The average molecular weight is 851 g/mol. The molecule has 58 heavy (non-hydrogen) atoms. The topological polar surface area (TPSA) is 186 Å². The van der Waals surface area contributed by atoms with E-state index in [9.17, 15) is 37.9 Å². The van der Waals surface area contributed by atoms with Gasteiger partial charge in [0.1, 0.15) is 36.8 Å². The molecule has 6 atom stereocenters. The summed E-state index contributed by atoms with van der Waals surface area (Å²) in [6.07, 6.45) is 27.2. The van der Waals surface area contributed by atoms with Crippen molar-refractivity contribution in [3.8, 4) is 0 Å². The van der Waals surface area contributed by atoms with Gasteiger partial charge in [-0.3, -0.25) is 14.1 Å². The molecule has 0 aromatic heterocycles. The van der Waals surface area contributed by atoms with E-state index in [2.05, 4.69) is 13.8 Å². The van der Waals surface area contributed by atoms with Gasteiger partial charge in [0.15, 0.2) is 12.4 Å². The molecule has 0 radical (unpaired) electrons. The van der Waals surface area contributed by atoms with E-state index < -0.39 is 71.2 Å². The maximum absolute atomic E-state index is 12.8. The van der Waals surface area contributed by atoms with Crippen molar-refractivity contribution in [1.82, 2.24) is 0 Å².